The van der Waals surface area contributed by atoms with Gasteiger partial charge in [0.15, 0.2) is 0 Å². The number of methoxy groups -OCH3 is 1. The number of amides is 1. The quantitative estimate of drug-likeness (QED) is 0.905. The average Bonchev–Trinajstić information content (AvgIpc) is 2.86. The van der Waals surface area contributed by atoms with Gasteiger partial charge in [-0.2, -0.15) is 4.37 Å². The molecule has 0 saturated carbocycles. The van der Waals surface area contributed by atoms with Gasteiger partial charge in [-0.15, -0.1) is 0 Å². The van der Waals surface area contributed by atoms with Crippen LogP contribution in [0.2, 0.25) is 0 Å². The molecular weight excluding hydrogens is 262 g/mol. The fourth-order valence-corrected chi connectivity index (χ4v) is 2.27. The highest BCUT2D eigenvalue weighted by atomic mass is 32.1. The average molecular weight is 277 g/mol. The predicted octanol–water partition coefficient (Wildman–Crippen LogP) is 1.83. The molecule has 0 aliphatic rings. The number of rotatable bonds is 5. The Morgan fingerprint density at radius 3 is 2.89 bits per heavy atom. The van der Waals surface area contributed by atoms with Gasteiger partial charge in [0, 0.05) is 6.54 Å². The SMILES string of the molecule is COc1ccccc1CCNC(=O)c1nc(C)ns1. The van der Waals surface area contributed by atoms with Crippen molar-refractivity contribution < 1.29 is 9.53 Å². The first-order valence-corrected chi connectivity index (χ1v) is 6.68. The van der Waals surface area contributed by atoms with E-state index < -0.39 is 0 Å². The summed E-state index contributed by atoms with van der Waals surface area (Å²) in [6.45, 7) is 2.31. The number of aryl methyl sites for hydroxylation is 1. The number of hydrogen-bond acceptors (Lipinski definition) is 5. The molecule has 0 bridgehead atoms. The molecule has 0 fully saturated rings. The van der Waals surface area contributed by atoms with Crippen LogP contribution in [0.5, 0.6) is 5.75 Å². The molecule has 1 aromatic carbocycles. The maximum atomic E-state index is 11.8. The lowest BCUT2D eigenvalue weighted by atomic mass is 10.1. The minimum Gasteiger partial charge on any atom is -0.496 e. The van der Waals surface area contributed by atoms with Crippen LogP contribution in [0.3, 0.4) is 0 Å². The summed E-state index contributed by atoms with van der Waals surface area (Å²) in [5, 5.41) is 3.23. The van der Waals surface area contributed by atoms with Crippen LogP contribution in [0, 0.1) is 6.92 Å². The Balaban J connectivity index is 1.88. The largest absolute Gasteiger partial charge is 0.496 e. The first-order valence-electron chi connectivity index (χ1n) is 5.91. The number of benzene rings is 1. The highest BCUT2D eigenvalue weighted by Crippen LogP contribution is 2.17. The number of hydrogen-bond donors (Lipinski definition) is 1. The fourth-order valence-electron chi connectivity index (χ4n) is 1.69. The van der Waals surface area contributed by atoms with Crippen molar-refractivity contribution in [3.63, 3.8) is 0 Å². The van der Waals surface area contributed by atoms with Crippen LogP contribution >= 0.6 is 11.5 Å². The monoisotopic (exact) mass is 277 g/mol. The zero-order valence-corrected chi connectivity index (χ0v) is 11.7. The maximum absolute atomic E-state index is 11.8. The Kier molecular flexibility index (Phi) is 4.46. The lowest BCUT2D eigenvalue weighted by molar-refractivity contribution is 0.0953. The first-order chi connectivity index (χ1) is 9.20. The molecule has 1 heterocycles. The summed E-state index contributed by atoms with van der Waals surface area (Å²) in [4.78, 5) is 15.8. The second kappa shape index (κ2) is 6.29. The Morgan fingerprint density at radius 2 is 2.21 bits per heavy atom. The molecule has 2 rings (SSSR count). The van der Waals surface area contributed by atoms with E-state index in [4.69, 9.17) is 4.74 Å². The smallest absolute Gasteiger partial charge is 0.281 e. The van der Waals surface area contributed by atoms with E-state index in [0.717, 1.165) is 22.8 Å². The van der Waals surface area contributed by atoms with E-state index in [1.54, 1.807) is 14.0 Å². The second-order valence-corrected chi connectivity index (χ2v) is 4.72. The zero-order valence-electron chi connectivity index (χ0n) is 10.8. The van der Waals surface area contributed by atoms with E-state index in [0.29, 0.717) is 23.8 Å². The van der Waals surface area contributed by atoms with Crippen molar-refractivity contribution in [1.29, 1.82) is 0 Å². The van der Waals surface area contributed by atoms with Crippen molar-refractivity contribution in [3.8, 4) is 5.75 Å². The third-order valence-electron chi connectivity index (χ3n) is 2.59. The van der Waals surface area contributed by atoms with Gasteiger partial charge in [0.05, 0.1) is 7.11 Å². The molecule has 0 unspecified atom stereocenters. The lowest BCUT2D eigenvalue weighted by Gasteiger charge is -2.08. The number of aromatic nitrogens is 2. The highest BCUT2D eigenvalue weighted by molar-refractivity contribution is 7.07. The van der Waals surface area contributed by atoms with Crippen LogP contribution < -0.4 is 10.1 Å². The van der Waals surface area contributed by atoms with E-state index in [1.165, 1.54) is 0 Å². The number of carbonyl (C=O) groups is 1. The van der Waals surface area contributed by atoms with Gasteiger partial charge in [-0.1, -0.05) is 18.2 Å². The first kappa shape index (κ1) is 13.5. The van der Waals surface area contributed by atoms with E-state index >= 15 is 0 Å². The summed E-state index contributed by atoms with van der Waals surface area (Å²) in [5.41, 5.74) is 1.07. The highest BCUT2D eigenvalue weighted by Gasteiger charge is 2.10. The van der Waals surface area contributed by atoms with Crippen LogP contribution in [-0.4, -0.2) is 28.9 Å². The summed E-state index contributed by atoms with van der Waals surface area (Å²) in [6.07, 6.45) is 0.716. The molecule has 1 N–H and O–H groups in total. The number of nitrogens with zero attached hydrogens (tertiary/aromatic N) is 2. The summed E-state index contributed by atoms with van der Waals surface area (Å²) in [5.74, 6) is 1.28. The Labute approximate surface area is 115 Å². The van der Waals surface area contributed by atoms with Crippen LogP contribution in [0.15, 0.2) is 24.3 Å². The maximum Gasteiger partial charge on any atom is 0.281 e. The molecule has 19 heavy (non-hydrogen) atoms. The van der Waals surface area contributed by atoms with Crippen LogP contribution in [0.1, 0.15) is 21.2 Å². The van der Waals surface area contributed by atoms with Gasteiger partial charge in [-0.25, -0.2) is 4.98 Å². The van der Waals surface area contributed by atoms with Crippen LogP contribution in [0.25, 0.3) is 0 Å². The normalized spacial score (nSPS) is 10.2. The zero-order chi connectivity index (χ0) is 13.7. The van der Waals surface area contributed by atoms with E-state index in [9.17, 15) is 4.79 Å². The van der Waals surface area contributed by atoms with E-state index in [2.05, 4.69) is 14.7 Å². The molecule has 100 valence electrons. The predicted molar refractivity (Wildman–Crippen MR) is 73.7 cm³/mol. The summed E-state index contributed by atoms with van der Waals surface area (Å²) >= 11 is 1.11. The minimum atomic E-state index is -0.180. The van der Waals surface area contributed by atoms with Gasteiger partial charge < -0.3 is 10.1 Å². The van der Waals surface area contributed by atoms with Crippen molar-refractivity contribution in [2.24, 2.45) is 0 Å². The van der Waals surface area contributed by atoms with Crippen LogP contribution in [0.4, 0.5) is 0 Å². The molecular formula is C13H15N3O2S. The molecule has 1 aromatic heterocycles. The van der Waals surface area contributed by atoms with Crippen molar-refractivity contribution in [3.05, 3.63) is 40.7 Å². The van der Waals surface area contributed by atoms with Gasteiger partial charge in [0.2, 0.25) is 5.01 Å². The lowest BCUT2D eigenvalue weighted by Crippen LogP contribution is -2.25. The summed E-state index contributed by atoms with van der Waals surface area (Å²) < 4.78 is 9.24. The molecule has 2 aromatic rings. The molecule has 1 amide bonds. The molecule has 0 aliphatic heterocycles. The van der Waals surface area contributed by atoms with E-state index in [-0.39, 0.29) is 5.91 Å². The number of para-hydroxylation sites is 1. The fraction of sp³-hybridized carbons (Fsp3) is 0.308. The summed E-state index contributed by atoms with van der Waals surface area (Å²) in [7, 11) is 1.64. The molecule has 0 radical (unpaired) electrons. The number of carbonyl (C=O) groups excluding carboxylic acids is 1. The van der Waals surface area contributed by atoms with E-state index in [1.807, 2.05) is 24.3 Å². The third-order valence-corrected chi connectivity index (χ3v) is 3.40. The van der Waals surface area contributed by atoms with Gasteiger partial charge in [-0.05, 0) is 36.5 Å². The number of nitrogens with one attached hydrogen (secondary N) is 1. The topological polar surface area (TPSA) is 64.1 Å². The Bertz CT molecular complexity index is 569. The van der Waals surface area contributed by atoms with Gasteiger partial charge in [0.1, 0.15) is 11.6 Å². The number of ether oxygens (including phenoxy) is 1. The molecule has 0 saturated heterocycles. The standard InChI is InChI=1S/C13H15N3O2S/c1-9-15-13(19-16-9)12(17)14-8-7-10-5-3-4-6-11(10)18-2/h3-6H,7-8H2,1-2H3,(H,14,17). The molecule has 0 aliphatic carbocycles. The van der Waals surface area contributed by atoms with Crippen molar-refractivity contribution >= 4 is 17.4 Å². The van der Waals surface area contributed by atoms with Crippen LogP contribution in [-0.2, 0) is 6.42 Å². The minimum absolute atomic E-state index is 0.180. The molecule has 0 spiro atoms. The van der Waals surface area contributed by atoms with Gasteiger partial charge >= 0.3 is 0 Å². The third kappa shape index (κ3) is 3.51. The van der Waals surface area contributed by atoms with Gasteiger partial charge in [-0.3, -0.25) is 4.79 Å². The Morgan fingerprint density at radius 1 is 1.42 bits per heavy atom. The van der Waals surface area contributed by atoms with Crippen molar-refractivity contribution in [1.82, 2.24) is 14.7 Å². The molecule has 6 heteroatoms. The second-order valence-electron chi connectivity index (χ2n) is 3.96. The Hall–Kier alpha value is -1.95. The van der Waals surface area contributed by atoms with Crippen molar-refractivity contribution in [2.75, 3.05) is 13.7 Å². The summed E-state index contributed by atoms with van der Waals surface area (Å²) in [6, 6.07) is 7.77. The molecule has 0 atom stereocenters. The van der Waals surface area contributed by atoms with Crippen molar-refractivity contribution in [2.45, 2.75) is 13.3 Å². The van der Waals surface area contributed by atoms with Gasteiger partial charge in [0.25, 0.3) is 5.91 Å². The molecule has 5 nitrogen and oxygen atoms in total.